The van der Waals surface area contributed by atoms with Gasteiger partial charge in [0, 0.05) is 11.6 Å². The summed E-state index contributed by atoms with van der Waals surface area (Å²) in [6.45, 7) is 0. The fourth-order valence-electron chi connectivity index (χ4n) is 2.71. The predicted octanol–water partition coefficient (Wildman–Crippen LogP) is 3.58. The lowest BCUT2D eigenvalue weighted by Crippen LogP contribution is -2.27. The van der Waals surface area contributed by atoms with Gasteiger partial charge in [-0.25, -0.2) is 9.07 Å². The summed E-state index contributed by atoms with van der Waals surface area (Å²) in [5.41, 5.74) is 2.56. The van der Waals surface area contributed by atoms with Gasteiger partial charge in [0.1, 0.15) is 17.3 Å². The van der Waals surface area contributed by atoms with Crippen LogP contribution in [0.15, 0.2) is 54.6 Å². The van der Waals surface area contributed by atoms with Gasteiger partial charge in [0.05, 0.1) is 18.5 Å². The van der Waals surface area contributed by atoms with Crippen molar-refractivity contribution in [2.45, 2.75) is 18.9 Å². The molecule has 0 radical (unpaired) electrons. The molecule has 0 bridgehead atoms. The van der Waals surface area contributed by atoms with Crippen LogP contribution in [0.1, 0.15) is 23.3 Å². The number of hydrogen-bond donors (Lipinski definition) is 1. The second-order valence-electron chi connectivity index (χ2n) is 6.28. The van der Waals surface area contributed by atoms with Gasteiger partial charge in [-0.3, -0.25) is 4.79 Å². The van der Waals surface area contributed by atoms with Gasteiger partial charge in [0.15, 0.2) is 0 Å². The van der Waals surface area contributed by atoms with Crippen LogP contribution < -0.4 is 10.1 Å². The van der Waals surface area contributed by atoms with Crippen molar-refractivity contribution < 1.29 is 13.9 Å². The van der Waals surface area contributed by atoms with Crippen LogP contribution >= 0.6 is 0 Å². The molecule has 1 amide bonds. The number of amides is 1. The number of nitrogens with zero attached hydrogens (tertiary/aromatic N) is 2. The number of rotatable bonds is 5. The van der Waals surface area contributed by atoms with Crippen molar-refractivity contribution in [2.24, 2.45) is 0 Å². The largest absolute Gasteiger partial charge is 0.497 e. The van der Waals surface area contributed by atoms with Gasteiger partial charge >= 0.3 is 0 Å². The predicted molar refractivity (Wildman–Crippen MR) is 96.0 cm³/mol. The third kappa shape index (κ3) is 3.31. The molecule has 0 unspecified atom stereocenters. The van der Waals surface area contributed by atoms with Crippen LogP contribution in [0.3, 0.4) is 0 Å². The molecule has 132 valence electrons. The first-order valence-corrected chi connectivity index (χ1v) is 8.45. The fourth-order valence-corrected chi connectivity index (χ4v) is 2.71. The number of ether oxygens (including phenoxy) is 1. The van der Waals surface area contributed by atoms with Gasteiger partial charge in [0.2, 0.25) is 0 Å². The number of nitrogens with one attached hydrogen (secondary N) is 1. The van der Waals surface area contributed by atoms with Crippen molar-refractivity contribution >= 4 is 5.91 Å². The second kappa shape index (κ2) is 6.63. The van der Waals surface area contributed by atoms with Crippen molar-refractivity contribution in [3.05, 3.63) is 66.1 Å². The second-order valence-corrected chi connectivity index (χ2v) is 6.28. The first kappa shape index (κ1) is 16.3. The molecule has 1 saturated carbocycles. The van der Waals surface area contributed by atoms with Gasteiger partial charge in [0.25, 0.3) is 5.91 Å². The molecule has 1 heterocycles. The van der Waals surface area contributed by atoms with Crippen LogP contribution in [-0.4, -0.2) is 28.8 Å². The quantitative estimate of drug-likeness (QED) is 0.764. The van der Waals surface area contributed by atoms with Gasteiger partial charge in [-0.15, -0.1) is 0 Å². The fraction of sp³-hybridized carbons (Fsp3) is 0.200. The minimum absolute atomic E-state index is 0.163. The zero-order valence-electron chi connectivity index (χ0n) is 14.3. The lowest BCUT2D eigenvalue weighted by molar-refractivity contribution is 0.0943. The van der Waals surface area contributed by atoms with E-state index in [-0.39, 0.29) is 17.8 Å². The molecule has 0 aliphatic heterocycles. The maximum absolute atomic E-state index is 13.2. The summed E-state index contributed by atoms with van der Waals surface area (Å²) < 4.78 is 20.0. The van der Waals surface area contributed by atoms with Crippen LogP contribution in [0, 0.1) is 5.82 Å². The van der Waals surface area contributed by atoms with Crippen LogP contribution in [0.2, 0.25) is 0 Å². The lowest BCUT2D eigenvalue weighted by atomic mass is 10.1. The number of halogens is 1. The Labute approximate surface area is 150 Å². The molecule has 1 N–H and O–H groups in total. The van der Waals surface area contributed by atoms with Crippen molar-refractivity contribution in [3.63, 3.8) is 0 Å². The van der Waals surface area contributed by atoms with E-state index in [0.717, 1.165) is 29.8 Å². The molecule has 0 saturated heterocycles. The smallest absolute Gasteiger partial charge is 0.270 e. The molecule has 2 aromatic carbocycles. The molecule has 5 nitrogen and oxygen atoms in total. The minimum atomic E-state index is -0.310. The summed E-state index contributed by atoms with van der Waals surface area (Å²) in [4.78, 5) is 12.7. The highest BCUT2D eigenvalue weighted by Gasteiger charge is 2.26. The summed E-state index contributed by atoms with van der Waals surface area (Å²) in [5, 5.41) is 7.57. The van der Waals surface area contributed by atoms with Crippen LogP contribution in [-0.2, 0) is 0 Å². The third-order valence-electron chi connectivity index (χ3n) is 4.31. The van der Waals surface area contributed by atoms with E-state index in [2.05, 4.69) is 10.4 Å². The van der Waals surface area contributed by atoms with Crippen LogP contribution in [0.4, 0.5) is 4.39 Å². The third-order valence-corrected chi connectivity index (χ3v) is 4.31. The highest BCUT2D eigenvalue weighted by Crippen LogP contribution is 2.25. The molecule has 0 atom stereocenters. The van der Waals surface area contributed by atoms with Gasteiger partial charge in [-0.2, -0.15) is 5.10 Å². The first-order valence-electron chi connectivity index (χ1n) is 8.45. The first-order chi connectivity index (χ1) is 12.6. The number of carbonyl (C=O) groups excluding carboxylic acids is 1. The number of hydrogen-bond acceptors (Lipinski definition) is 3. The van der Waals surface area contributed by atoms with Crippen molar-refractivity contribution in [3.8, 4) is 22.7 Å². The monoisotopic (exact) mass is 351 g/mol. The van der Waals surface area contributed by atoms with Gasteiger partial charge in [-0.05, 0) is 67.4 Å². The van der Waals surface area contributed by atoms with Crippen molar-refractivity contribution in [1.82, 2.24) is 15.1 Å². The highest BCUT2D eigenvalue weighted by atomic mass is 19.1. The molecule has 3 aromatic rings. The van der Waals surface area contributed by atoms with Crippen LogP contribution in [0.5, 0.6) is 5.75 Å². The topological polar surface area (TPSA) is 56.2 Å². The van der Waals surface area contributed by atoms with E-state index in [0.29, 0.717) is 11.4 Å². The van der Waals surface area contributed by atoms with Crippen molar-refractivity contribution in [1.29, 1.82) is 0 Å². The Morgan fingerprint density at radius 2 is 1.85 bits per heavy atom. The normalized spacial score (nSPS) is 13.5. The molecule has 0 spiro atoms. The Balaban J connectivity index is 1.75. The standard InChI is InChI=1S/C20H18FN3O2/c1-26-17-10-8-16(9-11-17)24-19(20(25)22-15-6-7-15)12-18(23-24)13-2-4-14(21)5-3-13/h2-5,8-12,15H,6-7H2,1H3,(H,22,25). The number of benzene rings is 2. The number of carbonyl (C=O) groups is 1. The zero-order valence-corrected chi connectivity index (χ0v) is 14.3. The number of aromatic nitrogens is 2. The van der Waals surface area contributed by atoms with E-state index in [9.17, 15) is 9.18 Å². The molecule has 1 fully saturated rings. The van der Waals surface area contributed by atoms with Gasteiger partial charge < -0.3 is 10.1 Å². The Hall–Kier alpha value is -3.15. The SMILES string of the molecule is COc1ccc(-n2nc(-c3ccc(F)cc3)cc2C(=O)NC2CC2)cc1. The van der Waals surface area contributed by atoms with E-state index < -0.39 is 0 Å². The zero-order chi connectivity index (χ0) is 18.1. The molecule has 4 rings (SSSR count). The highest BCUT2D eigenvalue weighted by molar-refractivity contribution is 5.94. The molecule has 1 aliphatic rings. The Bertz CT molecular complexity index is 929. The Morgan fingerprint density at radius 3 is 2.46 bits per heavy atom. The molecule has 6 heteroatoms. The molecule has 26 heavy (non-hydrogen) atoms. The maximum Gasteiger partial charge on any atom is 0.270 e. The molecular weight excluding hydrogens is 333 g/mol. The average Bonchev–Trinajstić information content (AvgIpc) is 3.36. The summed E-state index contributed by atoms with van der Waals surface area (Å²) in [6, 6.07) is 15.4. The molecular formula is C20H18FN3O2. The lowest BCUT2D eigenvalue weighted by Gasteiger charge is -2.08. The van der Waals surface area contributed by atoms with E-state index in [1.165, 1.54) is 12.1 Å². The maximum atomic E-state index is 13.2. The van der Waals surface area contributed by atoms with E-state index in [1.807, 2.05) is 24.3 Å². The summed E-state index contributed by atoms with van der Waals surface area (Å²) in [7, 11) is 1.60. The van der Waals surface area contributed by atoms with E-state index >= 15 is 0 Å². The molecule has 1 aromatic heterocycles. The summed E-state index contributed by atoms with van der Waals surface area (Å²) in [5.74, 6) is 0.253. The Kier molecular flexibility index (Phi) is 4.16. The minimum Gasteiger partial charge on any atom is -0.497 e. The summed E-state index contributed by atoms with van der Waals surface area (Å²) in [6.07, 6.45) is 2.01. The summed E-state index contributed by atoms with van der Waals surface area (Å²) >= 11 is 0. The van der Waals surface area contributed by atoms with Crippen molar-refractivity contribution in [2.75, 3.05) is 7.11 Å². The average molecular weight is 351 g/mol. The Morgan fingerprint density at radius 1 is 1.15 bits per heavy atom. The number of methoxy groups -OCH3 is 1. The molecule has 1 aliphatic carbocycles. The van der Waals surface area contributed by atoms with Gasteiger partial charge in [-0.1, -0.05) is 0 Å². The van der Waals surface area contributed by atoms with Crippen LogP contribution in [0.25, 0.3) is 16.9 Å². The van der Waals surface area contributed by atoms with E-state index in [4.69, 9.17) is 4.74 Å². The van der Waals surface area contributed by atoms with E-state index in [1.54, 1.807) is 30.0 Å².